The van der Waals surface area contributed by atoms with Crippen LogP contribution < -0.4 is 0 Å². The number of carbonyl (C=O) groups is 1. The second-order valence-corrected chi connectivity index (χ2v) is 8.74. The summed E-state index contributed by atoms with van der Waals surface area (Å²) in [5, 5.41) is 0. The summed E-state index contributed by atoms with van der Waals surface area (Å²) in [7, 11) is -3.22. The Bertz CT molecular complexity index is 721. The number of halogens is 1. The first kappa shape index (κ1) is 17.4. The van der Waals surface area contributed by atoms with E-state index in [1.54, 1.807) is 11.0 Å². The molecule has 1 saturated heterocycles. The van der Waals surface area contributed by atoms with Crippen LogP contribution in [0.4, 0.5) is 4.39 Å². The van der Waals surface area contributed by atoms with Crippen LogP contribution >= 0.6 is 0 Å². The van der Waals surface area contributed by atoms with Crippen molar-refractivity contribution in [2.45, 2.75) is 31.1 Å². The Morgan fingerprint density at radius 3 is 2.29 bits per heavy atom. The summed E-state index contributed by atoms with van der Waals surface area (Å²) in [4.78, 5) is 15.0. The zero-order chi connectivity index (χ0) is 17.4. The first-order chi connectivity index (χ1) is 11.3. The third-order valence-electron chi connectivity index (χ3n) is 5.24. The average molecular weight is 354 g/mol. The van der Waals surface area contributed by atoms with Crippen molar-refractivity contribution < 1.29 is 17.6 Å². The van der Waals surface area contributed by atoms with Crippen LogP contribution in [-0.2, 0) is 20.2 Å². The highest BCUT2D eigenvalue weighted by Gasteiger charge is 2.45. The molecule has 0 unspecified atom stereocenters. The molecule has 1 saturated carbocycles. The van der Waals surface area contributed by atoms with Crippen LogP contribution in [-0.4, -0.2) is 56.0 Å². The number of piperazine rings is 1. The summed E-state index contributed by atoms with van der Waals surface area (Å²) in [6, 6.07) is 6.34. The van der Waals surface area contributed by atoms with Gasteiger partial charge in [-0.2, -0.15) is 4.31 Å². The van der Waals surface area contributed by atoms with E-state index in [1.807, 2.05) is 6.07 Å². The smallest absolute Gasteiger partial charge is 0.233 e. The maximum absolute atomic E-state index is 13.7. The van der Waals surface area contributed by atoms with E-state index in [2.05, 4.69) is 0 Å². The molecule has 2 fully saturated rings. The first-order valence-electron chi connectivity index (χ1n) is 8.33. The molecule has 1 heterocycles. The summed E-state index contributed by atoms with van der Waals surface area (Å²) in [6.07, 6.45) is 4.54. The quantitative estimate of drug-likeness (QED) is 0.831. The van der Waals surface area contributed by atoms with E-state index in [0.29, 0.717) is 26.2 Å². The van der Waals surface area contributed by atoms with Gasteiger partial charge in [0.1, 0.15) is 5.82 Å². The van der Waals surface area contributed by atoms with Gasteiger partial charge in [0, 0.05) is 26.2 Å². The minimum atomic E-state index is -3.22. The zero-order valence-corrected chi connectivity index (χ0v) is 14.7. The highest BCUT2D eigenvalue weighted by atomic mass is 32.2. The Balaban J connectivity index is 1.82. The van der Waals surface area contributed by atoms with Crippen LogP contribution in [0.1, 0.15) is 31.2 Å². The SMILES string of the molecule is CS(=O)(=O)N1CCN(C(=O)C2(c3cccc(F)c3)CCCC2)CC1. The molecule has 1 aromatic carbocycles. The van der Waals surface area contributed by atoms with Crippen LogP contribution in [0.2, 0.25) is 0 Å². The van der Waals surface area contributed by atoms with Gasteiger partial charge in [-0.3, -0.25) is 4.79 Å². The number of rotatable bonds is 3. The fourth-order valence-corrected chi connectivity index (χ4v) is 4.74. The maximum Gasteiger partial charge on any atom is 0.233 e. The number of amides is 1. The minimum absolute atomic E-state index is 0.0127. The van der Waals surface area contributed by atoms with Gasteiger partial charge in [-0.1, -0.05) is 25.0 Å². The highest BCUT2D eigenvalue weighted by molar-refractivity contribution is 7.88. The monoisotopic (exact) mass is 354 g/mol. The Morgan fingerprint density at radius 2 is 1.75 bits per heavy atom. The molecular weight excluding hydrogens is 331 g/mol. The molecule has 2 aliphatic rings. The fraction of sp³-hybridized carbons (Fsp3) is 0.588. The highest BCUT2D eigenvalue weighted by Crippen LogP contribution is 2.43. The predicted molar refractivity (Wildman–Crippen MR) is 89.5 cm³/mol. The Kier molecular flexibility index (Phi) is 4.66. The Morgan fingerprint density at radius 1 is 1.12 bits per heavy atom. The van der Waals surface area contributed by atoms with E-state index in [9.17, 15) is 17.6 Å². The molecule has 0 aromatic heterocycles. The first-order valence-corrected chi connectivity index (χ1v) is 10.2. The third kappa shape index (κ3) is 3.19. The van der Waals surface area contributed by atoms with Crippen molar-refractivity contribution in [3.05, 3.63) is 35.6 Å². The molecule has 1 aliphatic heterocycles. The summed E-state index contributed by atoms with van der Waals surface area (Å²) in [5.74, 6) is -0.313. The van der Waals surface area contributed by atoms with Crippen molar-refractivity contribution in [1.29, 1.82) is 0 Å². The number of hydrogen-bond acceptors (Lipinski definition) is 3. The molecule has 0 radical (unpaired) electrons. The fourth-order valence-electron chi connectivity index (χ4n) is 3.92. The lowest BCUT2D eigenvalue weighted by Crippen LogP contribution is -2.54. The Labute approximate surface area is 142 Å². The lowest BCUT2D eigenvalue weighted by Gasteiger charge is -2.39. The number of nitrogens with zero attached hydrogens (tertiary/aromatic N) is 2. The standard InChI is InChI=1S/C17H23FN2O3S/c1-24(22,23)20-11-9-19(10-12-20)16(21)17(7-2-3-8-17)14-5-4-6-15(18)13-14/h4-6,13H,2-3,7-12H2,1H3. The Hall–Kier alpha value is -1.47. The number of benzene rings is 1. The molecule has 1 aromatic rings. The lowest BCUT2D eigenvalue weighted by molar-refractivity contribution is -0.138. The topological polar surface area (TPSA) is 57.7 Å². The van der Waals surface area contributed by atoms with Gasteiger partial charge in [-0.05, 0) is 30.5 Å². The van der Waals surface area contributed by atoms with Crippen molar-refractivity contribution in [2.24, 2.45) is 0 Å². The van der Waals surface area contributed by atoms with Crippen molar-refractivity contribution in [2.75, 3.05) is 32.4 Å². The van der Waals surface area contributed by atoms with E-state index in [0.717, 1.165) is 31.2 Å². The molecule has 5 nitrogen and oxygen atoms in total. The van der Waals surface area contributed by atoms with Crippen LogP contribution in [0, 0.1) is 5.82 Å². The molecule has 0 atom stereocenters. The number of sulfonamides is 1. The van der Waals surface area contributed by atoms with Crippen molar-refractivity contribution >= 4 is 15.9 Å². The van der Waals surface area contributed by atoms with Gasteiger partial charge in [-0.15, -0.1) is 0 Å². The van der Waals surface area contributed by atoms with E-state index in [1.165, 1.54) is 22.7 Å². The molecule has 0 spiro atoms. The van der Waals surface area contributed by atoms with E-state index in [4.69, 9.17) is 0 Å². The summed E-state index contributed by atoms with van der Waals surface area (Å²) < 4.78 is 38.3. The van der Waals surface area contributed by atoms with E-state index < -0.39 is 15.4 Å². The third-order valence-corrected chi connectivity index (χ3v) is 6.54. The summed E-state index contributed by atoms with van der Waals surface area (Å²) in [6.45, 7) is 1.43. The van der Waals surface area contributed by atoms with Gasteiger partial charge in [-0.25, -0.2) is 12.8 Å². The summed E-state index contributed by atoms with van der Waals surface area (Å²) in [5.41, 5.74) is 0.0885. The lowest BCUT2D eigenvalue weighted by atomic mass is 9.77. The van der Waals surface area contributed by atoms with Gasteiger partial charge in [0.05, 0.1) is 11.7 Å². The predicted octanol–water partition coefficient (Wildman–Crippen LogP) is 1.74. The van der Waals surface area contributed by atoms with Crippen LogP contribution in [0.25, 0.3) is 0 Å². The van der Waals surface area contributed by atoms with Gasteiger partial charge in [0.25, 0.3) is 0 Å². The van der Waals surface area contributed by atoms with E-state index >= 15 is 0 Å². The van der Waals surface area contributed by atoms with Crippen LogP contribution in [0.3, 0.4) is 0 Å². The second kappa shape index (κ2) is 6.44. The number of hydrogen-bond donors (Lipinski definition) is 0. The van der Waals surface area contributed by atoms with Crippen LogP contribution in [0.5, 0.6) is 0 Å². The van der Waals surface area contributed by atoms with Crippen molar-refractivity contribution in [1.82, 2.24) is 9.21 Å². The summed E-state index contributed by atoms with van der Waals surface area (Å²) >= 11 is 0. The van der Waals surface area contributed by atoms with Crippen molar-refractivity contribution in [3.63, 3.8) is 0 Å². The van der Waals surface area contributed by atoms with Gasteiger partial charge in [0.15, 0.2) is 0 Å². The molecule has 7 heteroatoms. The molecule has 1 amide bonds. The second-order valence-electron chi connectivity index (χ2n) is 6.75. The number of carbonyl (C=O) groups excluding carboxylic acids is 1. The van der Waals surface area contributed by atoms with Crippen LogP contribution in [0.15, 0.2) is 24.3 Å². The zero-order valence-electron chi connectivity index (χ0n) is 13.9. The maximum atomic E-state index is 13.7. The van der Waals surface area contributed by atoms with Gasteiger partial charge in [0.2, 0.25) is 15.9 Å². The van der Waals surface area contributed by atoms with E-state index in [-0.39, 0.29) is 11.7 Å². The average Bonchev–Trinajstić information content (AvgIpc) is 3.04. The molecule has 3 rings (SSSR count). The van der Waals surface area contributed by atoms with Gasteiger partial charge >= 0.3 is 0 Å². The van der Waals surface area contributed by atoms with Gasteiger partial charge < -0.3 is 4.90 Å². The molecule has 24 heavy (non-hydrogen) atoms. The van der Waals surface area contributed by atoms with Crippen molar-refractivity contribution in [3.8, 4) is 0 Å². The largest absolute Gasteiger partial charge is 0.339 e. The molecule has 0 bridgehead atoms. The molecule has 132 valence electrons. The minimum Gasteiger partial charge on any atom is -0.339 e. The normalized spacial score (nSPS) is 21.8. The molecular formula is C17H23FN2O3S. The molecule has 1 aliphatic carbocycles. The molecule has 0 N–H and O–H groups in total.